The molecule has 1 atom stereocenters. The molecule has 1 aliphatic heterocycles. The van der Waals surface area contributed by atoms with Crippen LogP contribution < -0.4 is 0 Å². The van der Waals surface area contributed by atoms with E-state index in [1.165, 1.54) is 0 Å². The molecule has 1 amide bonds. The fourth-order valence-corrected chi connectivity index (χ4v) is 1.86. The quantitative estimate of drug-likeness (QED) is 0.827. The van der Waals surface area contributed by atoms with Crippen LogP contribution in [0.25, 0.3) is 0 Å². The standard InChI is InChI=1S/C12H19N3O3/c1-12(2,3)18-11(16)15-4-5-17-8-10(15)9-6-13-14-7-9/h6-7,10H,4-5,8H2,1-3H3,(H,13,14). The molecule has 1 N–H and O–H groups in total. The summed E-state index contributed by atoms with van der Waals surface area (Å²) in [6.45, 7) is 7.12. The number of hydrogen-bond acceptors (Lipinski definition) is 4. The summed E-state index contributed by atoms with van der Waals surface area (Å²) in [6, 6.07) is -0.132. The molecule has 0 saturated carbocycles. The van der Waals surface area contributed by atoms with Crippen LogP contribution in [0, 0.1) is 0 Å². The Balaban J connectivity index is 2.11. The van der Waals surface area contributed by atoms with Crippen molar-refractivity contribution in [2.24, 2.45) is 0 Å². The Morgan fingerprint density at radius 2 is 2.39 bits per heavy atom. The Hall–Kier alpha value is -1.56. The maximum atomic E-state index is 12.1. The Kier molecular flexibility index (Phi) is 3.56. The molecule has 2 heterocycles. The predicted octanol–water partition coefficient (Wildman–Crippen LogP) is 1.72. The summed E-state index contributed by atoms with van der Waals surface area (Å²) in [6.07, 6.45) is 3.17. The number of nitrogens with zero attached hydrogens (tertiary/aromatic N) is 2. The third-order valence-electron chi connectivity index (χ3n) is 2.66. The zero-order valence-corrected chi connectivity index (χ0v) is 11.0. The molecule has 0 bridgehead atoms. The van der Waals surface area contributed by atoms with Crippen LogP contribution in [-0.2, 0) is 9.47 Å². The SMILES string of the molecule is CC(C)(C)OC(=O)N1CCOCC1c1cn[nH]c1. The van der Waals surface area contributed by atoms with Gasteiger partial charge in [0.2, 0.25) is 0 Å². The Morgan fingerprint density at radius 3 is 3.00 bits per heavy atom. The van der Waals surface area contributed by atoms with Gasteiger partial charge in [-0.25, -0.2) is 4.79 Å². The number of carbonyl (C=O) groups is 1. The molecule has 1 fully saturated rings. The maximum absolute atomic E-state index is 12.1. The molecule has 100 valence electrons. The first kappa shape index (κ1) is 12.9. The average Bonchev–Trinajstić information content (AvgIpc) is 2.80. The molecule has 1 aromatic heterocycles. The number of aromatic amines is 1. The molecule has 6 heteroatoms. The molecule has 6 nitrogen and oxygen atoms in total. The second-order valence-electron chi connectivity index (χ2n) is 5.30. The van der Waals surface area contributed by atoms with Gasteiger partial charge in [0.25, 0.3) is 0 Å². The second-order valence-corrected chi connectivity index (χ2v) is 5.30. The number of H-pyrrole nitrogens is 1. The van der Waals surface area contributed by atoms with Crippen LogP contribution in [0.15, 0.2) is 12.4 Å². The lowest BCUT2D eigenvalue weighted by atomic mass is 10.1. The molecule has 0 spiro atoms. The Labute approximate surface area is 106 Å². The van der Waals surface area contributed by atoms with Crippen molar-refractivity contribution in [3.05, 3.63) is 18.0 Å². The largest absolute Gasteiger partial charge is 0.444 e. The number of amides is 1. The number of rotatable bonds is 1. The summed E-state index contributed by atoms with van der Waals surface area (Å²) in [7, 11) is 0. The summed E-state index contributed by atoms with van der Waals surface area (Å²) in [4.78, 5) is 13.8. The highest BCUT2D eigenvalue weighted by molar-refractivity contribution is 5.69. The minimum atomic E-state index is -0.490. The van der Waals surface area contributed by atoms with Gasteiger partial charge >= 0.3 is 6.09 Å². The zero-order valence-electron chi connectivity index (χ0n) is 11.0. The summed E-state index contributed by atoms with van der Waals surface area (Å²) < 4.78 is 10.8. The van der Waals surface area contributed by atoms with E-state index in [1.807, 2.05) is 20.8 Å². The smallest absolute Gasteiger partial charge is 0.410 e. The van der Waals surface area contributed by atoms with Crippen LogP contribution in [0.4, 0.5) is 4.79 Å². The average molecular weight is 253 g/mol. The molecule has 18 heavy (non-hydrogen) atoms. The van der Waals surface area contributed by atoms with Gasteiger partial charge in [0.1, 0.15) is 5.60 Å². The first-order chi connectivity index (χ1) is 8.47. The van der Waals surface area contributed by atoms with Crippen LogP contribution in [0.1, 0.15) is 32.4 Å². The van der Waals surface area contributed by atoms with Crippen molar-refractivity contribution >= 4 is 6.09 Å². The van der Waals surface area contributed by atoms with Crippen LogP contribution in [-0.4, -0.2) is 46.6 Å². The molecule has 2 rings (SSSR count). The van der Waals surface area contributed by atoms with Gasteiger partial charge in [-0.3, -0.25) is 10.00 Å². The number of carbonyl (C=O) groups excluding carboxylic acids is 1. The number of ether oxygens (including phenoxy) is 2. The Morgan fingerprint density at radius 1 is 1.61 bits per heavy atom. The summed E-state index contributed by atoms with van der Waals surface area (Å²) in [5.74, 6) is 0. The molecule has 0 aromatic carbocycles. The molecule has 0 aliphatic carbocycles. The van der Waals surface area contributed by atoms with Gasteiger partial charge in [-0.05, 0) is 20.8 Å². The minimum Gasteiger partial charge on any atom is -0.444 e. The van der Waals surface area contributed by atoms with E-state index in [0.717, 1.165) is 5.56 Å². The van der Waals surface area contributed by atoms with Crippen molar-refractivity contribution in [1.82, 2.24) is 15.1 Å². The van der Waals surface area contributed by atoms with E-state index in [0.29, 0.717) is 19.8 Å². The number of hydrogen-bond donors (Lipinski definition) is 1. The van der Waals surface area contributed by atoms with E-state index in [-0.39, 0.29) is 12.1 Å². The van der Waals surface area contributed by atoms with Gasteiger partial charge < -0.3 is 9.47 Å². The van der Waals surface area contributed by atoms with E-state index in [2.05, 4.69) is 10.2 Å². The van der Waals surface area contributed by atoms with Gasteiger partial charge in [-0.1, -0.05) is 0 Å². The van der Waals surface area contributed by atoms with Crippen molar-refractivity contribution in [2.75, 3.05) is 19.8 Å². The lowest BCUT2D eigenvalue weighted by molar-refractivity contribution is -0.0331. The van der Waals surface area contributed by atoms with Crippen molar-refractivity contribution in [2.45, 2.75) is 32.4 Å². The highest BCUT2D eigenvalue weighted by Crippen LogP contribution is 2.25. The van der Waals surface area contributed by atoms with E-state index in [9.17, 15) is 4.79 Å². The third-order valence-corrected chi connectivity index (χ3v) is 2.66. The predicted molar refractivity (Wildman–Crippen MR) is 65.1 cm³/mol. The van der Waals surface area contributed by atoms with Crippen LogP contribution in [0.3, 0.4) is 0 Å². The van der Waals surface area contributed by atoms with Crippen LogP contribution in [0.5, 0.6) is 0 Å². The normalized spacial score (nSPS) is 20.8. The van der Waals surface area contributed by atoms with Gasteiger partial charge in [0, 0.05) is 18.3 Å². The van der Waals surface area contributed by atoms with Gasteiger partial charge in [0.05, 0.1) is 25.5 Å². The fourth-order valence-electron chi connectivity index (χ4n) is 1.86. The van der Waals surface area contributed by atoms with Gasteiger partial charge in [-0.15, -0.1) is 0 Å². The number of morpholine rings is 1. The van der Waals surface area contributed by atoms with Gasteiger partial charge in [-0.2, -0.15) is 5.10 Å². The lowest BCUT2D eigenvalue weighted by Crippen LogP contribution is -2.45. The number of aromatic nitrogens is 2. The lowest BCUT2D eigenvalue weighted by Gasteiger charge is -2.36. The highest BCUT2D eigenvalue weighted by atomic mass is 16.6. The van der Waals surface area contributed by atoms with Crippen LogP contribution in [0.2, 0.25) is 0 Å². The minimum absolute atomic E-state index is 0.132. The summed E-state index contributed by atoms with van der Waals surface area (Å²) >= 11 is 0. The first-order valence-electron chi connectivity index (χ1n) is 6.03. The van der Waals surface area contributed by atoms with Crippen molar-refractivity contribution in [3.63, 3.8) is 0 Å². The molecule has 1 saturated heterocycles. The zero-order chi connectivity index (χ0) is 13.2. The molecule has 1 aliphatic rings. The summed E-state index contributed by atoms with van der Waals surface area (Å²) in [5.41, 5.74) is 0.441. The summed E-state index contributed by atoms with van der Waals surface area (Å²) in [5, 5.41) is 6.66. The number of nitrogens with one attached hydrogen (secondary N) is 1. The van der Waals surface area contributed by atoms with Crippen molar-refractivity contribution < 1.29 is 14.3 Å². The van der Waals surface area contributed by atoms with Gasteiger partial charge in [0.15, 0.2) is 0 Å². The molecule has 1 aromatic rings. The molecule has 1 unspecified atom stereocenters. The topological polar surface area (TPSA) is 67.4 Å². The third kappa shape index (κ3) is 3.01. The molecular weight excluding hydrogens is 234 g/mol. The second kappa shape index (κ2) is 4.97. The molecule has 0 radical (unpaired) electrons. The van der Waals surface area contributed by atoms with E-state index in [4.69, 9.17) is 9.47 Å². The molecular formula is C12H19N3O3. The fraction of sp³-hybridized carbons (Fsp3) is 0.667. The monoisotopic (exact) mass is 253 g/mol. The van der Waals surface area contributed by atoms with E-state index >= 15 is 0 Å². The maximum Gasteiger partial charge on any atom is 0.410 e. The first-order valence-corrected chi connectivity index (χ1v) is 6.03. The van der Waals surface area contributed by atoms with Crippen molar-refractivity contribution in [1.29, 1.82) is 0 Å². The Bertz CT molecular complexity index is 397. The van der Waals surface area contributed by atoms with E-state index < -0.39 is 5.60 Å². The van der Waals surface area contributed by atoms with Crippen molar-refractivity contribution in [3.8, 4) is 0 Å². The van der Waals surface area contributed by atoms with E-state index in [1.54, 1.807) is 17.3 Å². The van der Waals surface area contributed by atoms with Crippen LogP contribution >= 0.6 is 0 Å². The highest BCUT2D eigenvalue weighted by Gasteiger charge is 2.32.